The number of methoxy groups -OCH3 is 1. The van der Waals surface area contributed by atoms with Crippen LogP contribution in [0.2, 0.25) is 0 Å². The third-order valence-corrected chi connectivity index (χ3v) is 4.11. The van der Waals surface area contributed by atoms with Gasteiger partial charge in [-0.05, 0) is 37.8 Å². The number of amides is 2. The van der Waals surface area contributed by atoms with Crippen molar-refractivity contribution in [3.63, 3.8) is 0 Å². The first-order chi connectivity index (χ1) is 10.1. The lowest BCUT2D eigenvalue weighted by atomic mass is 9.88. The fourth-order valence-corrected chi connectivity index (χ4v) is 2.69. The van der Waals surface area contributed by atoms with Crippen molar-refractivity contribution < 1.29 is 14.3 Å². The van der Waals surface area contributed by atoms with Gasteiger partial charge in [-0.15, -0.1) is 11.6 Å². The molecule has 21 heavy (non-hydrogen) atoms. The van der Waals surface area contributed by atoms with Gasteiger partial charge in [0, 0.05) is 11.3 Å². The van der Waals surface area contributed by atoms with Crippen molar-refractivity contribution in [3.05, 3.63) is 29.8 Å². The maximum Gasteiger partial charge on any atom is 0.273 e. The van der Waals surface area contributed by atoms with E-state index >= 15 is 0 Å². The number of hydrogen-bond acceptors (Lipinski definition) is 3. The van der Waals surface area contributed by atoms with Crippen LogP contribution in [0.3, 0.4) is 0 Å². The van der Waals surface area contributed by atoms with Crippen LogP contribution >= 0.6 is 11.6 Å². The van der Waals surface area contributed by atoms with E-state index in [1.165, 1.54) is 7.11 Å². The van der Waals surface area contributed by atoms with E-state index in [1.54, 1.807) is 24.3 Å². The smallest absolute Gasteiger partial charge is 0.273 e. The third-order valence-electron chi connectivity index (χ3n) is 3.68. The van der Waals surface area contributed by atoms with Crippen molar-refractivity contribution in [3.8, 4) is 5.75 Å². The van der Waals surface area contributed by atoms with Crippen LogP contribution in [0, 0.1) is 5.92 Å². The van der Waals surface area contributed by atoms with Crippen molar-refractivity contribution >= 4 is 23.4 Å². The van der Waals surface area contributed by atoms with Gasteiger partial charge in [-0.3, -0.25) is 20.4 Å². The Hall–Kier alpha value is -1.75. The number of hydrazine groups is 1. The summed E-state index contributed by atoms with van der Waals surface area (Å²) in [6.07, 6.45) is 3.18. The molecule has 1 aromatic carbocycles. The number of benzene rings is 1. The highest BCUT2D eigenvalue weighted by Gasteiger charge is 2.25. The Bertz CT molecular complexity index is 513. The summed E-state index contributed by atoms with van der Waals surface area (Å²) < 4.78 is 5.11. The lowest BCUT2D eigenvalue weighted by molar-refractivity contribution is -0.126. The molecule has 0 spiro atoms. The van der Waals surface area contributed by atoms with Gasteiger partial charge in [0.15, 0.2) is 0 Å². The zero-order valence-electron chi connectivity index (χ0n) is 11.9. The zero-order chi connectivity index (χ0) is 15.2. The molecule has 1 saturated carbocycles. The molecule has 6 heteroatoms. The molecular weight excluding hydrogens is 292 g/mol. The van der Waals surface area contributed by atoms with Gasteiger partial charge in [0.25, 0.3) is 5.91 Å². The van der Waals surface area contributed by atoms with Crippen LogP contribution in [0.5, 0.6) is 5.75 Å². The fourth-order valence-electron chi connectivity index (χ4n) is 2.43. The summed E-state index contributed by atoms with van der Waals surface area (Å²) in [6, 6.07) is 6.84. The standard InChI is InChI=1S/C15H19ClN2O3/c1-21-13-5-3-2-4-12(13)15(20)18-17-14(19)10-6-8-11(16)9-7-10/h2-5,10-11H,6-9H2,1H3,(H,17,19)(H,18,20). The van der Waals surface area contributed by atoms with Gasteiger partial charge in [-0.2, -0.15) is 0 Å². The van der Waals surface area contributed by atoms with Crippen molar-refractivity contribution in [2.45, 2.75) is 31.1 Å². The van der Waals surface area contributed by atoms with Crippen molar-refractivity contribution in [2.75, 3.05) is 7.11 Å². The van der Waals surface area contributed by atoms with Gasteiger partial charge in [0.05, 0.1) is 12.7 Å². The first kappa shape index (κ1) is 15.6. The van der Waals surface area contributed by atoms with Gasteiger partial charge < -0.3 is 4.74 Å². The molecule has 1 fully saturated rings. The number of nitrogens with one attached hydrogen (secondary N) is 2. The molecule has 1 aromatic rings. The minimum atomic E-state index is -0.396. The Morgan fingerprint density at radius 3 is 2.48 bits per heavy atom. The lowest BCUT2D eigenvalue weighted by Gasteiger charge is -2.24. The molecule has 2 N–H and O–H groups in total. The Labute approximate surface area is 129 Å². The molecule has 0 unspecified atom stereocenters. The second-order valence-corrected chi connectivity index (χ2v) is 5.71. The highest BCUT2D eigenvalue weighted by molar-refractivity contribution is 6.20. The average Bonchev–Trinajstić information content (AvgIpc) is 2.52. The number of alkyl halides is 1. The predicted molar refractivity (Wildman–Crippen MR) is 80.2 cm³/mol. The van der Waals surface area contributed by atoms with Gasteiger partial charge >= 0.3 is 0 Å². The first-order valence-electron chi connectivity index (χ1n) is 6.99. The number of rotatable bonds is 3. The van der Waals surface area contributed by atoms with Crippen LogP contribution in [-0.2, 0) is 4.79 Å². The van der Waals surface area contributed by atoms with E-state index < -0.39 is 5.91 Å². The van der Waals surface area contributed by atoms with Gasteiger partial charge in [-0.25, -0.2) is 0 Å². The average molecular weight is 311 g/mol. The number of para-hydroxylation sites is 1. The van der Waals surface area contributed by atoms with Crippen LogP contribution in [0.15, 0.2) is 24.3 Å². The molecule has 2 amide bonds. The van der Waals surface area contributed by atoms with Crippen molar-refractivity contribution in [2.24, 2.45) is 5.92 Å². The molecule has 0 aromatic heterocycles. The Morgan fingerprint density at radius 2 is 1.81 bits per heavy atom. The molecule has 1 aliphatic rings. The first-order valence-corrected chi connectivity index (χ1v) is 7.42. The summed E-state index contributed by atoms with van der Waals surface area (Å²) >= 11 is 6.01. The molecule has 5 nitrogen and oxygen atoms in total. The quantitative estimate of drug-likeness (QED) is 0.664. The maximum absolute atomic E-state index is 12.0. The third kappa shape index (κ3) is 4.11. The van der Waals surface area contributed by atoms with E-state index in [0.29, 0.717) is 11.3 Å². The highest BCUT2D eigenvalue weighted by atomic mass is 35.5. The summed E-state index contributed by atoms with van der Waals surface area (Å²) in [5, 5.41) is 0.164. The van der Waals surface area contributed by atoms with E-state index in [0.717, 1.165) is 25.7 Å². The van der Waals surface area contributed by atoms with Gasteiger partial charge in [0.1, 0.15) is 5.75 Å². The molecule has 2 rings (SSSR count). The van der Waals surface area contributed by atoms with Crippen molar-refractivity contribution in [1.82, 2.24) is 10.9 Å². The number of ether oxygens (including phenoxy) is 1. The van der Waals surface area contributed by atoms with Gasteiger partial charge in [-0.1, -0.05) is 12.1 Å². The molecule has 0 heterocycles. The molecule has 1 aliphatic carbocycles. The second kappa shape index (κ2) is 7.31. The maximum atomic E-state index is 12.0. The molecule has 0 bridgehead atoms. The molecule has 0 aliphatic heterocycles. The molecule has 0 atom stereocenters. The number of hydrogen-bond donors (Lipinski definition) is 2. The minimum absolute atomic E-state index is 0.0852. The zero-order valence-corrected chi connectivity index (χ0v) is 12.7. The number of carbonyl (C=O) groups excluding carboxylic acids is 2. The lowest BCUT2D eigenvalue weighted by Crippen LogP contribution is -2.45. The van der Waals surface area contributed by atoms with Crippen LogP contribution in [0.25, 0.3) is 0 Å². The number of halogens is 1. The number of carbonyl (C=O) groups is 2. The van der Waals surface area contributed by atoms with E-state index in [-0.39, 0.29) is 17.2 Å². The van der Waals surface area contributed by atoms with Crippen molar-refractivity contribution in [1.29, 1.82) is 0 Å². The topological polar surface area (TPSA) is 67.4 Å². The van der Waals surface area contributed by atoms with Crippen LogP contribution in [0.4, 0.5) is 0 Å². The van der Waals surface area contributed by atoms with E-state index in [1.807, 2.05) is 0 Å². The van der Waals surface area contributed by atoms with Crippen LogP contribution < -0.4 is 15.6 Å². The van der Waals surface area contributed by atoms with E-state index in [9.17, 15) is 9.59 Å². The van der Waals surface area contributed by atoms with Gasteiger partial charge in [0.2, 0.25) is 5.91 Å². The largest absolute Gasteiger partial charge is 0.496 e. The molecule has 0 saturated heterocycles. The van der Waals surface area contributed by atoms with Crippen LogP contribution in [0.1, 0.15) is 36.0 Å². The molecular formula is C15H19ClN2O3. The van der Waals surface area contributed by atoms with Crippen LogP contribution in [-0.4, -0.2) is 24.3 Å². The molecule has 114 valence electrons. The SMILES string of the molecule is COc1ccccc1C(=O)NNC(=O)C1CCC(Cl)CC1. The minimum Gasteiger partial charge on any atom is -0.496 e. The van der Waals surface area contributed by atoms with E-state index in [4.69, 9.17) is 16.3 Å². The monoisotopic (exact) mass is 310 g/mol. The predicted octanol–water partition coefficient (Wildman–Crippen LogP) is 2.25. The normalized spacial score (nSPS) is 21.4. The summed E-state index contributed by atoms with van der Waals surface area (Å²) in [7, 11) is 1.50. The Balaban J connectivity index is 1.87. The fraction of sp³-hybridized carbons (Fsp3) is 0.467. The molecule has 0 radical (unpaired) electrons. The second-order valence-electron chi connectivity index (χ2n) is 5.09. The Morgan fingerprint density at radius 1 is 1.14 bits per heavy atom. The Kier molecular flexibility index (Phi) is 5.44. The summed E-state index contributed by atoms with van der Waals surface area (Å²) in [5.41, 5.74) is 5.29. The summed E-state index contributed by atoms with van der Waals surface area (Å²) in [5.74, 6) is -0.182. The summed E-state index contributed by atoms with van der Waals surface area (Å²) in [6.45, 7) is 0. The van der Waals surface area contributed by atoms with E-state index in [2.05, 4.69) is 10.9 Å². The summed E-state index contributed by atoms with van der Waals surface area (Å²) in [4.78, 5) is 24.0. The highest BCUT2D eigenvalue weighted by Crippen LogP contribution is 2.27.